The molecule has 1 aromatic carbocycles. The zero-order chi connectivity index (χ0) is 30.4. The van der Waals surface area contributed by atoms with Crippen LogP contribution in [0.1, 0.15) is 16.3 Å². The molecule has 4 heterocycles. The molecule has 1 amide bonds. The van der Waals surface area contributed by atoms with Crippen molar-refractivity contribution in [2.45, 2.75) is 11.8 Å². The zero-order valence-electron chi connectivity index (χ0n) is 24.7. The van der Waals surface area contributed by atoms with Gasteiger partial charge in [-0.2, -0.15) is 4.98 Å². The Morgan fingerprint density at radius 3 is 2.47 bits per heavy atom. The van der Waals surface area contributed by atoms with Crippen LogP contribution in [0.25, 0.3) is 11.5 Å². The maximum Gasteiger partial charge on any atom is 0.272 e. The van der Waals surface area contributed by atoms with E-state index in [-0.39, 0.29) is 5.69 Å². The van der Waals surface area contributed by atoms with Crippen molar-refractivity contribution in [2.75, 3.05) is 51.2 Å². The Labute approximate surface area is 250 Å². The number of nitrogens with zero attached hydrogens (tertiary/aromatic N) is 7. The average molecular weight is 584 g/mol. The summed E-state index contributed by atoms with van der Waals surface area (Å²) < 4.78 is 21.9. The Morgan fingerprint density at radius 2 is 1.77 bits per heavy atom. The van der Waals surface area contributed by atoms with E-state index < -0.39 is 11.1 Å². The Morgan fingerprint density at radius 1 is 0.977 bits per heavy atom. The van der Waals surface area contributed by atoms with Gasteiger partial charge in [0.25, 0.3) is 11.8 Å². The van der Waals surface area contributed by atoms with E-state index in [1.807, 2.05) is 35.7 Å². The molecule has 0 unspecified atom stereocenters. The number of amides is 1. The number of nitrogens with one attached hydrogen (secondary N) is 3. The molecule has 15 nitrogen and oxygen atoms in total. The molecule has 220 valence electrons. The largest absolute Gasteiger partial charge is 0.494 e. The maximum absolute atomic E-state index is 13.2. The first-order valence-corrected chi connectivity index (χ1v) is 13.6. The lowest BCUT2D eigenvalue weighted by Gasteiger charge is -2.24. The van der Waals surface area contributed by atoms with E-state index in [1.54, 1.807) is 31.4 Å². The van der Waals surface area contributed by atoms with Gasteiger partial charge in [-0.1, -0.05) is 11.2 Å². The summed E-state index contributed by atoms with van der Waals surface area (Å²) in [6.07, 6.45) is 0. The third-order valence-electron chi connectivity index (χ3n) is 6.26. The molecular weight excluding hydrogens is 553 g/mol. The fraction of sp³-hybridized carbons (Fsp3) is 0.320. The van der Waals surface area contributed by atoms with E-state index in [4.69, 9.17) is 18.7 Å². The minimum Gasteiger partial charge on any atom is -0.494 e. The molecule has 0 aliphatic carbocycles. The third kappa shape index (κ3) is 7.58. The first-order chi connectivity index (χ1) is 20.7. The van der Waals surface area contributed by atoms with Crippen LogP contribution in [0.5, 0.6) is 11.6 Å². The predicted octanol–water partition coefficient (Wildman–Crippen LogP) is -1.11. The number of hydrogen-bond donors (Lipinski definition) is 3. The highest BCUT2D eigenvalue weighted by Gasteiger charge is 2.24. The van der Waals surface area contributed by atoms with Crippen molar-refractivity contribution in [3.8, 4) is 23.1 Å². The van der Waals surface area contributed by atoms with E-state index >= 15 is 0 Å². The summed E-state index contributed by atoms with van der Waals surface area (Å²) in [6.45, 7) is 3.52. The second-order valence-electron chi connectivity index (χ2n) is 10.7. The van der Waals surface area contributed by atoms with Crippen LogP contribution in [-0.4, -0.2) is 111 Å². The molecule has 0 bridgehead atoms. The van der Waals surface area contributed by atoms with E-state index in [2.05, 4.69) is 51.4 Å². The number of hydrogen-bond acceptors (Lipinski definition) is 14. The number of carbonyl (C=O) groups is 1. The van der Waals surface area contributed by atoms with Gasteiger partial charge in [0.05, 0.1) is 50.9 Å². The maximum atomic E-state index is 13.2. The summed E-state index contributed by atoms with van der Waals surface area (Å²) in [7, 11) is 8.70. The molecule has 1 fully saturated rings. The molecule has 3 N–H and O–H groups in total. The van der Waals surface area contributed by atoms with Crippen molar-refractivity contribution in [3.63, 3.8) is 0 Å². The number of ether oxygens (including phenoxy) is 3. The van der Waals surface area contributed by atoms with Gasteiger partial charge in [-0.3, -0.25) is 9.69 Å². The molecule has 0 saturated carbocycles. The fourth-order valence-corrected chi connectivity index (χ4v) is 4.30. The van der Waals surface area contributed by atoms with Gasteiger partial charge in [0, 0.05) is 25.2 Å². The summed E-state index contributed by atoms with van der Waals surface area (Å²) in [5, 5.41) is 29.4. The molecule has 3 aromatic heterocycles. The van der Waals surface area contributed by atoms with Gasteiger partial charge in [-0.25, -0.2) is 0 Å². The van der Waals surface area contributed by atoms with Crippen LogP contribution in [-0.2, 0) is 11.3 Å². The van der Waals surface area contributed by atoms with Crippen molar-refractivity contribution in [1.82, 2.24) is 40.8 Å². The van der Waals surface area contributed by atoms with Crippen molar-refractivity contribution in [1.29, 1.82) is 0 Å². The van der Waals surface area contributed by atoms with Crippen LogP contribution in [0, 0.1) is 0 Å². The van der Waals surface area contributed by atoms with Crippen LogP contribution in [0.3, 0.4) is 0 Å². The van der Waals surface area contributed by atoms with Gasteiger partial charge in [-0.05, 0) is 23.4 Å². The molecule has 1 aliphatic rings. The van der Waals surface area contributed by atoms with E-state index in [0.29, 0.717) is 71.7 Å². The highest BCUT2D eigenvalue weighted by Crippen LogP contribution is 2.38. The standard InChI is InChI=1S/C25H31B3N10O5/c1-40-20-7-6-17(33-35-20)30-18-12-16(21(36-34-18)23(39)32-25(26,27)28)29-15-5-3-4-14(22(15)41-2)24-31-19(37-43-24)13-38-8-10-42-11-9-38/h3-7,12H,8-11,13,26-28H2,1-2H3,(H,32,39)(H2,29,30,33,34). The molecule has 1 saturated heterocycles. The zero-order valence-corrected chi connectivity index (χ0v) is 24.7. The third-order valence-corrected chi connectivity index (χ3v) is 6.26. The highest BCUT2D eigenvalue weighted by molar-refractivity contribution is 6.60. The molecule has 18 heteroatoms. The summed E-state index contributed by atoms with van der Waals surface area (Å²) in [5.74, 6) is 2.02. The van der Waals surface area contributed by atoms with Crippen molar-refractivity contribution in [3.05, 3.63) is 47.9 Å². The van der Waals surface area contributed by atoms with Crippen LogP contribution >= 0.6 is 0 Å². The molecular formula is C25H31B3N10O5. The number of para-hydroxylation sites is 1. The second kappa shape index (κ2) is 13.1. The average Bonchev–Trinajstić information content (AvgIpc) is 3.45. The van der Waals surface area contributed by atoms with Crippen molar-refractivity contribution >= 4 is 52.5 Å². The first-order valence-electron chi connectivity index (χ1n) is 13.6. The van der Waals surface area contributed by atoms with Gasteiger partial charge >= 0.3 is 0 Å². The Balaban J connectivity index is 1.45. The van der Waals surface area contributed by atoms with Crippen molar-refractivity contribution in [2.24, 2.45) is 0 Å². The summed E-state index contributed by atoms with van der Waals surface area (Å²) in [4.78, 5) is 20.0. The summed E-state index contributed by atoms with van der Waals surface area (Å²) in [5.41, 5.74) is 1.58. The summed E-state index contributed by atoms with van der Waals surface area (Å²) in [6, 6.07) is 10.4. The van der Waals surface area contributed by atoms with Crippen LogP contribution in [0.15, 0.2) is 40.9 Å². The van der Waals surface area contributed by atoms with Gasteiger partial charge in [-0.15, -0.1) is 20.4 Å². The quantitative estimate of drug-likeness (QED) is 0.181. The molecule has 0 spiro atoms. The van der Waals surface area contributed by atoms with E-state index in [9.17, 15) is 4.79 Å². The smallest absolute Gasteiger partial charge is 0.272 e. The minimum atomic E-state index is -0.500. The topological polar surface area (TPSA) is 175 Å². The Kier molecular flexibility index (Phi) is 9.06. The molecule has 43 heavy (non-hydrogen) atoms. The lowest BCUT2D eigenvalue weighted by atomic mass is 9.49. The van der Waals surface area contributed by atoms with Gasteiger partial charge < -0.3 is 34.7 Å². The lowest BCUT2D eigenvalue weighted by Crippen LogP contribution is -2.50. The highest BCUT2D eigenvalue weighted by atomic mass is 16.5. The molecule has 5 rings (SSSR count). The van der Waals surface area contributed by atoms with Gasteiger partial charge in [0.15, 0.2) is 28.9 Å². The normalized spacial score (nSPS) is 13.7. The number of methoxy groups -OCH3 is 2. The van der Waals surface area contributed by atoms with Crippen molar-refractivity contribution < 1.29 is 23.5 Å². The number of aromatic nitrogens is 6. The first kappa shape index (κ1) is 29.8. The second-order valence-corrected chi connectivity index (χ2v) is 10.7. The van der Waals surface area contributed by atoms with Crippen LogP contribution in [0.4, 0.5) is 23.0 Å². The number of anilines is 4. The number of carbonyl (C=O) groups excluding carboxylic acids is 1. The monoisotopic (exact) mass is 584 g/mol. The fourth-order valence-electron chi connectivity index (χ4n) is 4.30. The molecule has 4 aromatic rings. The number of rotatable bonds is 11. The van der Waals surface area contributed by atoms with Gasteiger partial charge in [0.1, 0.15) is 23.5 Å². The lowest BCUT2D eigenvalue weighted by molar-refractivity contribution is 0.0327. The minimum absolute atomic E-state index is 0.0827. The SMILES string of the molecule is BC(B)(B)NC(=O)c1nnc(Nc2ccc(OC)nn2)cc1Nc1cccc(-c2nc(CN3CCOCC3)no2)c1OC. The van der Waals surface area contributed by atoms with Crippen LogP contribution in [0.2, 0.25) is 0 Å². The summed E-state index contributed by atoms with van der Waals surface area (Å²) >= 11 is 0. The van der Waals surface area contributed by atoms with E-state index in [1.165, 1.54) is 7.11 Å². The number of morpholine rings is 1. The Hall–Kier alpha value is -4.70. The number of benzene rings is 1. The molecule has 1 aliphatic heterocycles. The molecule has 0 atom stereocenters. The van der Waals surface area contributed by atoms with Gasteiger partial charge in [0.2, 0.25) is 5.88 Å². The van der Waals surface area contributed by atoms with E-state index in [0.717, 1.165) is 13.1 Å². The molecule has 0 radical (unpaired) electrons. The predicted molar refractivity (Wildman–Crippen MR) is 165 cm³/mol. The Bertz CT molecular complexity index is 1560. The van der Waals surface area contributed by atoms with Crippen LogP contribution < -0.4 is 25.4 Å².